The van der Waals surface area contributed by atoms with Gasteiger partial charge in [0.05, 0.1) is 0 Å². The molecule has 0 saturated heterocycles. The van der Waals surface area contributed by atoms with E-state index in [9.17, 15) is 18.4 Å². The van der Waals surface area contributed by atoms with Gasteiger partial charge in [0.25, 0.3) is 0 Å². The van der Waals surface area contributed by atoms with E-state index in [0.717, 1.165) is 23.3 Å². The molecule has 2 rings (SSSR count). The minimum absolute atomic E-state index is 0.137. The molecule has 0 aliphatic carbocycles. The average Bonchev–Trinajstić information content (AvgIpc) is 2.52. The Bertz CT molecular complexity index is 745. The Hall–Kier alpha value is -2.76. The summed E-state index contributed by atoms with van der Waals surface area (Å²) in [6, 6.07) is 10.7. The molecule has 24 heavy (non-hydrogen) atoms. The summed E-state index contributed by atoms with van der Waals surface area (Å²) < 4.78 is 26.0. The molecule has 2 aromatic carbocycles. The molecule has 0 aliphatic heterocycles. The second kappa shape index (κ2) is 7.68. The Labute approximate surface area is 139 Å². The van der Waals surface area contributed by atoms with Crippen molar-refractivity contribution in [1.82, 2.24) is 4.90 Å². The van der Waals surface area contributed by atoms with Gasteiger partial charge in [0, 0.05) is 25.2 Å². The first-order chi connectivity index (χ1) is 11.3. The Kier molecular flexibility index (Phi) is 5.63. The lowest BCUT2D eigenvalue weighted by Crippen LogP contribution is -2.36. The first kappa shape index (κ1) is 17.6. The molecule has 0 radical (unpaired) electrons. The van der Waals surface area contributed by atoms with Gasteiger partial charge < -0.3 is 10.2 Å². The van der Waals surface area contributed by atoms with Crippen molar-refractivity contribution in [3.8, 4) is 0 Å². The predicted molar refractivity (Wildman–Crippen MR) is 87.3 cm³/mol. The maximum atomic E-state index is 13.1. The van der Waals surface area contributed by atoms with E-state index in [1.807, 2.05) is 31.2 Å². The van der Waals surface area contributed by atoms with Crippen molar-refractivity contribution < 1.29 is 18.4 Å². The number of nitrogens with zero attached hydrogens (tertiary/aromatic N) is 1. The van der Waals surface area contributed by atoms with Crippen LogP contribution in [0.2, 0.25) is 0 Å². The van der Waals surface area contributed by atoms with E-state index in [0.29, 0.717) is 6.54 Å². The summed E-state index contributed by atoms with van der Waals surface area (Å²) in [6.07, 6.45) is 0. The molecule has 0 fully saturated rings. The lowest BCUT2D eigenvalue weighted by atomic mass is 10.1. The second-order valence-electron chi connectivity index (χ2n) is 5.54. The fraction of sp³-hybridized carbons (Fsp3) is 0.222. The Morgan fingerprint density at radius 1 is 1.04 bits per heavy atom. The molecule has 0 spiro atoms. The molecule has 0 aliphatic rings. The zero-order valence-corrected chi connectivity index (χ0v) is 13.5. The number of carbonyl (C=O) groups excluding carboxylic acids is 2. The van der Waals surface area contributed by atoms with Gasteiger partial charge in [-0.1, -0.05) is 29.8 Å². The highest BCUT2D eigenvalue weighted by molar-refractivity contribution is 5.94. The summed E-state index contributed by atoms with van der Waals surface area (Å²) in [5.74, 6) is -2.77. The average molecular weight is 332 g/mol. The van der Waals surface area contributed by atoms with Crippen LogP contribution in [0, 0.1) is 18.6 Å². The van der Waals surface area contributed by atoms with E-state index in [1.165, 1.54) is 17.9 Å². The summed E-state index contributed by atoms with van der Waals surface area (Å²) >= 11 is 0. The Morgan fingerprint density at radius 2 is 1.71 bits per heavy atom. The highest BCUT2D eigenvalue weighted by Gasteiger charge is 2.15. The summed E-state index contributed by atoms with van der Waals surface area (Å²) in [4.78, 5) is 25.2. The van der Waals surface area contributed by atoms with Crippen molar-refractivity contribution in [2.45, 2.75) is 20.4 Å². The number of amides is 2. The fourth-order valence-corrected chi connectivity index (χ4v) is 2.14. The molecule has 2 aromatic rings. The lowest BCUT2D eigenvalue weighted by molar-refractivity contribution is -0.133. The van der Waals surface area contributed by atoms with E-state index >= 15 is 0 Å². The summed E-state index contributed by atoms with van der Waals surface area (Å²) in [7, 11) is 0. The number of benzene rings is 2. The van der Waals surface area contributed by atoms with Gasteiger partial charge in [-0.2, -0.15) is 0 Å². The maximum absolute atomic E-state index is 13.1. The number of aryl methyl sites for hydroxylation is 1. The topological polar surface area (TPSA) is 49.4 Å². The van der Waals surface area contributed by atoms with Crippen molar-refractivity contribution in [2.24, 2.45) is 0 Å². The van der Waals surface area contributed by atoms with Gasteiger partial charge in [-0.3, -0.25) is 9.59 Å². The van der Waals surface area contributed by atoms with Gasteiger partial charge in [-0.15, -0.1) is 0 Å². The van der Waals surface area contributed by atoms with Crippen LogP contribution in [-0.4, -0.2) is 23.3 Å². The summed E-state index contributed by atoms with van der Waals surface area (Å²) in [6.45, 7) is 3.45. The molecule has 6 heteroatoms. The van der Waals surface area contributed by atoms with Crippen molar-refractivity contribution in [1.29, 1.82) is 0 Å². The fourth-order valence-electron chi connectivity index (χ4n) is 2.14. The summed E-state index contributed by atoms with van der Waals surface area (Å²) in [5, 5.41) is 2.45. The van der Waals surface area contributed by atoms with Crippen LogP contribution in [-0.2, 0) is 16.1 Å². The molecule has 0 aromatic heterocycles. The zero-order chi connectivity index (χ0) is 17.7. The number of hydrogen-bond acceptors (Lipinski definition) is 2. The van der Waals surface area contributed by atoms with Gasteiger partial charge in [-0.05, 0) is 24.6 Å². The highest BCUT2D eigenvalue weighted by atomic mass is 19.2. The van der Waals surface area contributed by atoms with E-state index < -0.39 is 17.5 Å². The normalized spacial score (nSPS) is 10.3. The van der Waals surface area contributed by atoms with Crippen LogP contribution in [0.15, 0.2) is 42.5 Å². The number of carbonyl (C=O) groups is 2. The lowest BCUT2D eigenvalue weighted by Gasteiger charge is -2.20. The van der Waals surface area contributed by atoms with E-state index in [1.54, 1.807) is 0 Å². The van der Waals surface area contributed by atoms with Crippen molar-refractivity contribution >= 4 is 17.5 Å². The molecule has 1 N–H and O–H groups in total. The summed E-state index contributed by atoms with van der Waals surface area (Å²) in [5.41, 5.74) is 2.14. The molecule has 0 heterocycles. The third-order valence-electron chi connectivity index (χ3n) is 3.48. The smallest absolute Gasteiger partial charge is 0.244 e. The van der Waals surface area contributed by atoms with Crippen molar-refractivity contribution in [3.05, 3.63) is 65.2 Å². The molecule has 4 nitrogen and oxygen atoms in total. The number of rotatable bonds is 5. The van der Waals surface area contributed by atoms with Gasteiger partial charge in [0.1, 0.15) is 6.54 Å². The van der Waals surface area contributed by atoms with Crippen LogP contribution < -0.4 is 5.32 Å². The Balaban J connectivity index is 2.01. The molecule has 0 bridgehead atoms. The van der Waals surface area contributed by atoms with Crippen LogP contribution in [0.5, 0.6) is 0 Å². The van der Waals surface area contributed by atoms with E-state index in [2.05, 4.69) is 5.32 Å². The second-order valence-corrected chi connectivity index (χ2v) is 5.54. The number of nitrogens with one attached hydrogen (secondary N) is 1. The van der Waals surface area contributed by atoms with Crippen LogP contribution in [0.4, 0.5) is 14.5 Å². The van der Waals surface area contributed by atoms with Crippen molar-refractivity contribution in [2.75, 3.05) is 11.9 Å². The van der Waals surface area contributed by atoms with E-state index in [-0.39, 0.29) is 18.1 Å². The van der Waals surface area contributed by atoms with Crippen molar-refractivity contribution in [3.63, 3.8) is 0 Å². The van der Waals surface area contributed by atoms with Crippen LogP contribution >= 0.6 is 0 Å². The molecule has 126 valence electrons. The van der Waals surface area contributed by atoms with Gasteiger partial charge in [0.15, 0.2) is 11.6 Å². The van der Waals surface area contributed by atoms with Gasteiger partial charge >= 0.3 is 0 Å². The van der Waals surface area contributed by atoms with E-state index in [4.69, 9.17) is 0 Å². The number of hydrogen-bond donors (Lipinski definition) is 1. The SMILES string of the molecule is CC(=O)N(CC(=O)Nc1ccc(F)c(F)c1)Cc1ccc(C)cc1. The minimum atomic E-state index is -1.05. The third kappa shape index (κ3) is 4.87. The highest BCUT2D eigenvalue weighted by Crippen LogP contribution is 2.13. The number of anilines is 1. The number of halogens is 2. The standard InChI is InChI=1S/C18H18F2N2O2/c1-12-3-5-14(6-4-12)10-22(13(2)23)11-18(24)21-15-7-8-16(19)17(20)9-15/h3-9H,10-11H2,1-2H3,(H,21,24). The largest absolute Gasteiger partial charge is 0.329 e. The van der Waals surface area contributed by atoms with Crippen LogP contribution in [0.25, 0.3) is 0 Å². The molecule has 2 amide bonds. The quantitative estimate of drug-likeness (QED) is 0.914. The predicted octanol–water partition coefficient (Wildman–Crippen LogP) is 3.26. The van der Waals surface area contributed by atoms with Gasteiger partial charge in [0.2, 0.25) is 11.8 Å². The Morgan fingerprint density at radius 3 is 2.29 bits per heavy atom. The molecule has 0 atom stereocenters. The molecular formula is C18H18F2N2O2. The molecular weight excluding hydrogens is 314 g/mol. The third-order valence-corrected chi connectivity index (χ3v) is 3.48. The zero-order valence-electron chi connectivity index (χ0n) is 13.5. The van der Waals surface area contributed by atoms with Crippen LogP contribution in [0.1, 0.15) is 18.1 Å². The minimum Gasteiger partial charge on any atom is -0.329 e. The first-order valence-corrected chi connectivity index (χ1v) is 7.41. The maximum Gasteiger partial charge on any atom is 0.244 e. The monoisotopic (exact) mass is 332 g/mol. The molecule has 0 unspecified atom stereocenters. The van der Waals surface area contributed by atoms with Gasteiger partial charge in [-0.25, -0.2) is 8.78 Å². The van der Waals surface area contributed by atoms with Crippen LogP contribution in [0.3, 0.4) is 0 Å². The first-order valence-electron chi connectivity index (χ1n) is 7.41. The molecule has 0 saturated carbocycles.